The van der Waals surface area contributed by atoms with Crippen molar-refractivity contribution in [1.29, 1.82) is 5.26 Å². The van der Waals surface area contributed by atoms with Gasteiger partial charge in [-0.05, 0) is 53.2 Å². The summed E-state index contributed by atoms with van der Waals surface area (Å²) in [6, 6.07) is 18.0. The number of nitrogens with one attached hydrogen (secondary N) is 1. The molecule has 0 heterocycles. The van der Waals surface area contributed by atoms with Crippen LogP contribution in [0.1, 0.15) is 5.56 Å². The van der Waals surface area contributed by atoms with Crippen LogP contribution in [0.25, 0.3) is 16.8 Å². The largest absolute Gasteiger partial charge is 0.497 e. The number of benzene rings is 3. The van der Waals surface area contributed by atoms with Gasteiger partial charge in [-0.15, -0.1) is 0 Å². The highest BCUT2D eigenvalue weighted by Crippen LogP contribution is 2.32. The number of hydrogen-bond donors (Lipinski definition) is 1. The molecule has 0 unspecified atom stereocenters. The van der Waals surface area contributed by atoms with Crippen LogP contribution in [0.15, 0.2) is 60.2 Å². The number of carbonyl (C=O) groups is 1. The van der Waals surface area contributed by atoms with Crippen molar-refractivity contribution in [2.45, 2.75) is 0 Å². The number of nitrogens with zero attached hydrogens (tertiary/aromatic N) is 1. The molecule has 0 aliphatic rings. The van der Waals surface area contributed by atoms with Crippen LogP contribution >= 0.6 is 11.6 Å². The SMILES string of the molecule is COc1ccc2ccc(OC)c(/C=C(\C#N)C(=O)Nc3cccc(Cl)c3)c2c1. The minimum Gasteiger partial charge on any atom is -0.497 e. The molecule has 28 heavy (non-hydrogen) atoms. The van der Waals surface area contributed by atoms with Crippen molar-refractivity contribution in [2.75, 3.05) is 19.5 Å². The maximum Gasteiger partial charge on any atom is 0.266 e. The number of ether oxygens (including phenoxy) is 2. The summed E-state index contributed by atoms with van der Waals surface area (Å²) in [6.45, 7) is 0. The summed E-state index contributed by atoms with van der Waals surface area (Å²) in [5, 5.41) is 14.5. The van der Waals surface area contributed by atoms with Crippen LogP contribution in [0.3, 0.4) is 0 Å². The molecule has 0 radical (unpaired) electrons. The zero-order valence-corrected chi connectivity index (χ0v) is 16.1. The molecule has 3 aromatic rings. The Morgan fingerprint density at radius 2 is 1.89 bits per heavy atom. The van der Waals surface area contributed by atoms with Gasteiger partial charge in [0.25, 0.3) is 5.91 Å². The maximum absolute atomic E-state index is 12.6. The fourth-order valence-electron chi connectivity index (χ4n) is 2.81. The Bertz CT molecular complexity index is 1110. The molecular weight excluding hydrogens is 376 g/mol. The van der Waals surface area contributed by atoms with Crippen LogP contribution in [0, 0.1) is 11.3 Å². The van der Waals surface area contributed by atoms with Gasteiger partial charge in [-0.25, -0.2) is 0 Å². The van der Waals surface area contributed by atoms with E-state index in [1.165, 1.54) is 13.2 Å². The van der Waals surface area contributed by atoms with E-state index >= 15 is 0 Å². The molecule has 0 aliphatic carbocycles. The van der Waals surface area contributed by atoms with Gasteiger partial charge in [-0.3, -0.25) is 4.79 Å². The van der Waals surface area contributed by atoms with Gasteiger partial charge in [-0.1, -0.05) is 29.8 Å². The normalized spacial score (nSPS) is 11.0. The highest BCUT2D eigenvalue weighted by molar-refractivity contribution is 6.31. The third-order valence-electron chi connectivity index (χ3n) is 4.19. The molecule has 6 heteroatoms. The molecule has 140 valence electrons. The van der Waals surface area contributed by atoms with Gasteiger partial charge in [0, 0.05) is 16.3 Å². The summed E-state index contributed by atoms with van der Waals surface area (Å²) in [5.74, 6) is 0.674. The fraction of sp³-hybridized carbons (Fsp3) is 0.0909. The van der Waals surface area contributed by atoms with Crippen LogP contribution < -0.4 is 14.8 Å². The molecule has 0 atom stereocenters. The summed E-state index contributed by atoms with van der Waals surface area (Å²) >= 11 is 5.95. The van der Waals surface area contributed by atoms with Crippen LogP contribution in [-0.2, 0) is 4.79 Å². The van der Waals surface area contributed by atoms with Gasteiger partial charge < -0.3 is 14.8 Å². The molecule has 1 amide bonds. The Kier molecular flexibility index (Phi) is 5.83. The van der Waals surface area contributed by atoms with Crippen molar-refractivity contribution in [3.05, 3.63) is 70.8 Å². The van der Waals surface area contributed by atoms with E-state index in [1.807, 2.05) is 30.3 Å². The highest BCUT2D eigenvalue weighted by Gasteiger charge is 2.14. The predicted octanol–water partition coefficient (Wildman–Crippen LogP) is 5.06. The monoisotopic (exact) mass is 392 g/mol. The number of methoxy groups -OCH3 is 2. The number of hydrogen-bond acceptors (Lipinski definition) is 4. The molecule has 3 rings (SSSR count). The first-order valence-electron chi connectivity index (χ1n) is 8.39. The highest BCUT2D eigenvalue weighted by atomic mass is 35.5. The number of fused-ring (bicyclic) bond motifs is 1. The molecule has 0 aromatic heterocycles. The summed E-state index contributed by atoms with van der Waals surface area (Å²) in [4.78, 5) is 12.6. The lowest BCUT2D eigenvalue weighted by molar-refractivity contribution is -0.112. The molecule has 0 aliphatic heterocycles. The molecule has 5 nitrogen and oxygen atoms in total. The van der Waals surface area contributed by atoms with E-state index < -0.39 is 5.91 Å². The second kappa shape index (κ2) is 8.47. The molecular formula is C22H17ClN2O3. The van der Waals surface area contributed by atoms with E-state index in [2.05, 4.69) is 5.32 Å². The van der Waals surface area contributed by atoms with Crippen LogP contribution in [0.2, 0.25) is 5.02 Å². The summed E-state index contributed by atoms with van der Waals surface area (Å²) < 4.78 is 10.7. The van der Waals surface area contributed by atoms with Gasteiger partial charge in [0.05, 0.1) is 14.2 Å². The summed E-state index contributed by atoms with van der Waals surface area (Å²) in [6.07, 6.45) is 1.51. The Hall–Kier alpha value is -3.49. The number of carbonyl (C=O) groups excluding carboxylic acids is 1. The van der Waals surface area contributed by atoms with E-state index in [4.69, 9.17) is 21.1 Å². The van der Waals surface area contributed by atoms with E-state index in [1.54, 1.807) is 37.4 Å². The van der Waals surface area contributed by atoms with Gasteiger partial charge in [0.1, 0.15) is 23.1 Å². The minimum atomic E-state index is -0.535. The van der Waals surface area contributed by atoms with Crippen LogP contribution in [0.5, 0.6) is 11.5 Å². The molecule has 3 aromatic carbocycles. The van der Waals surface area contributed by atoms with Crippen molar-refractivity contribution < 1.29 is 14.3 Å². The fourth-order valence-corrected chi connectivity index (χ4v) is 3.00. The Labute approximate surface area is 167 Å². The zero-order valence-electron chi connectivity index (χ0n) is 15.3. The maximum atomic E-state index is 12.6. The molecule has 0 saturated carbocycles. The topological polar surface area (TPSA) is 71.3 Å². The average molecular weight is 393 g/mol. The van der Waals surface area contributed by atoms with E-state index in [-0.39, 0.29) is 5.57 Å². The minimum absolute atomic E-state index is 0.0615. The van der Waals surface area contributed by atoms with Crippen LogP contribution in [-0.4, -0.2) is 20.1 Å². The Morgan fingerprint density at radius 1 is 1.11 bits per heavy atom. The van der Waals surface area contributed by atoms with Crippen molar-refractivity contribution in [3.63, 3.8) is 0 Å². The number of anilines is 1. The van der Waals surface area contributed by atoms with Crippen molar-refractivity contribution in [3.8, 4) is 17.6 Å². The van der Waals surface area contributed by atoms with E-state index in [0.29, 0.717) is 27.8 Å². The molecule has 0 spiro atoms. The van der Waals surface area contributed by atoms with Gasteiger partial charge in [0.2, 0.25) is 0 Å². The number of rotatable bonds is 5. The number of halogens is 1. The molecule has 0 fully saturated rings. The second-order valence-electron chi connectivity index (χ2n) is 5.90. The van der Waals surface area contributed by atoms with Gasteiger partial charge in [0.15, 0.2) is 0 Å². The predicted molar refractivity (Wildman–Crippen MR) is 111 cm³/mol. The first-order valence-corrected chi connectivity index (χ1v) is 8.77. The summed E-state index contributed by atoms with van der Waals surface area (Å²) in [7, 11) is 3.12. The van der Waals surface area contributed by atoms with E-state index in [0.717, 1.165) is 10.8 Å². The van der Waals surface area contributed by atoms with Gasteiger partial charge in [-0.2, -0.15) is 5.26 Å². The zero-order chi connectivity index (χ0) is 20.1. The third-order valence-corrected chi connectivity index (χ3v) is 4.42. The van der Waals surface area contributed by atoms with Crippen molar-refractivity contribution in [1.82, 2.24) is 0 Å². The lowest BCUT2D eigenvalue weighted by Crippen LogP contribution is -2.13. The molecule has 1 N–H and O–H groups in total. The first-order chi connectivity index (χ1) is 13.5. The summed E-state index contributed by atoms with van der Waals surface area (Å²) in [5.41, 5.74) is 1.07. The standard InChI is InChI=1S/C22H17ClN2O3/c1-27-18-8-6-14-7-9-21(28-2)20(19(14)12-18)10-15(13-24)22(26)25-17-5-3-4-16(23)11-17/h3-12H,1-2H3,(H,25,26)/b15-10+. The smallest absolute Gasteiger partial charge is 0.266 e. The number of amides is 1. The molecule has 0 bridgehead atoms. The average Bonchev–Trinajstić information content (AvgIpc) is 2.71. The molecule has 0 saturated heterocycles. The van der Waals surface area contributed by atoms with E-state index in [9.17, 15) is 10.1 Å². The third kappa shape index (κ3) is 4.08. The van der Waals surface area contributed by atoms with Gasteiger partial charge >= 0.3 is 0 Å². The number of nitriles is 1. The Balaban J connectivity index is 2.07. The quantitative estimate of drug-likeness (QED) is 0.486. The Morgan fingerprint density at radius 3 is 2.57 bits per heavy atom. The van der Waals surface area contributed by atoms with Crippen LogP contribution in [0.4, 0.5) is 5.69 Å². The lowest BCUT2D eigenvalue weighted by atomic mass is 10.0. The van der Waals surface area contributed by atoms with Crippen molar-refractivity contribution >= 4 is 40.0 Å². The lowest BCUT2D eigenvalue weighted by Gasteiger charge is -2.11. The first kappa shape index (κ1) is 19.3. The van der Waals surface area contributed by atoms with Crippen molar-refractivity contribution in [2.24, 2.45) is 0 Å². The second-order valence-corrected chi connectivity index (χ2v) is 6.34.